The number of hydrogen-bond donors (Lipinski definition) is 4. The van der Waals surface area contributed by atoms with Gasteiger partial charge in [0.15, 0.2) is 0 Å². The van der Waals surface area contributed by atoms with Crippen LogP contribution in [0.4, 0.5) is 10.5 Å². The standard InChI is InChI=1S/C12H15N3O4/c1-7-4-3-5-8(11(17)18)10(7)15-12(19)14-6-9(16)13-2/h3-5H,6H2,1-2H3,(H,13,16)(H,17,18)(H2,14,15,19). The first-order valence-electron chi connectivity index (χ1n) is 5.54. The highest BCUT2D eigenvalue weighted by molar-refractivity contribution is 6.01. The van der Waals surface area contributed by atoms with Crippen molar-refractivity contribution in [2.75, 3.05) is 18.9 Å². The number of aryl methyl sites for hydroxylation is 1. The topological polar surface area (TPSA) is 108 Å². The molecule has 1 aromatic carbocycles. The first-order valence-corrected chi connectivity index (χ1v) is 5.54. The molecule has 0 aliphatic carbocycles. The fourth-order valence-electron chi connectivity index (χ4n) is 1.42. The first-order chi connectivity index (χ1) is 8.95. The Bertz CT molecular complexity index is 514. The lowest BCUT2D eigenvalue weighted by Gasteiger charge is -2.12. The zero-order chi connectivity index (χ0) is 14.4. The molecule has 19 heavy (non-hydrogen) atoms. The number of rotatable bonds is 4. The Labute approximate surface area is 110 Å². The fourth-order valence-corrected chi connectivity index (χ4v) is 1.42. The second-order valence-electron chi connectivity index (χ2n) is 3.78. The molecule has 0 aliphatic heterocycles. The number of carboxylic acid groups (broad SMARTS) is 1. The van der Waals surface area contributed by atoms with E-state index < -0.39 is 12.0 Å². The molecule has 3 amide bonds. The predicted molar refractivity (Wildman–Crippen MR) is 69.2 cm³/mol. The Morgan fingerprint density at radius 3 is 2.53 bits per heavy atom. The van der Waals surface area contributed by atoms with E-state index in [4.69, 9.17) is 5.11 Å². The van der Waals surface area contributed by atoms with Crippen LogP contribution in [-0.4, -0.2) is 36.6 Å². The molecule has 1 aromatic rings. The van der Waals surface area contributed by atoms with Crippen LogP contribution >= 0.6 is 0 Å². The third-order valence-electron chi connectivity index (χ3n) is 2.43. The van der Waals surface area contributed by atoms with E-state index in [9.17, 15) is 14.4 Å². The van der Waals surface area contributed by atoms with Gasteiger partial charge in [-0.25, -0.2) is 9.59 Å². The molecule has 0 saturated carbocycles. The third kappa shape index (κ3) is 3.98. The molecule has 102 valence electrons. The number of likely N-dealkylation sites (N-methyl/N-ethyl adjacent to an activating group) is 1. The maximum Gasteiger partial charge on any atom is 0.337 e. The number of urea groups is 1. The summed E-state index contributed by atoms with van der Waals surface area (Å²) >= 11 is 0. The van der Waals surface area contributed by atoms with Gasteiger partial charge in [-0.3, -0.25) is 4.79 Å². The van der Waals surface area contributed by atoms with Gasteiger partial charge in [0, 0.05) is 7.05 Å². The van der Waals surface area contributed by atoms with Crippen molar-refractivity contribution in [1.82, 2.24) is 10.6 Å². The molecule has 7 heteroatoms. The highest BCUT2D eigenvalue weighted by Gasteiger charge is 2.14. The van der Waals surface area contributed by atoms with Crippen LogP contribution in [0.5, 0.6) is 0 Å². The van der Waals surface area contributed by atoms with Crippen LogP contribution in [0, 0.1) is 6.92 Å². The van der Waals surface area contributed by atoms with Crippen LogP contribution in [0.1, 0.15) is 15.9 Å². The fraction of sp³-hybridized carbons (Fsp3) is 0.250. The van der Waals surface area contributed by atoms with Crippen LogP contribution in [0.2, 0.25) is 0 Å². The molecule has 0 aromatic heterocycles. The van der Waals surface area contributed by atoms with Crippen molar-refractivity contribution in [3.8, 4) is 0 Å². The molecule has 0 bridgehead atoms. The van der Waals surface area contributed by atoms with Crippen LogP contribution in [-0.2, 0) is 4.79 Å². The van der Waals surface area contributed by atoms with Crippen molar-refractivity contribution in [3.05, 3.63) is 29.3 Å². The molecule has 0 aliphatic rings. The molecule has 0 atom stereocenters. The SMILES string of the molecule is CNC(=O)CNC(=O)Nc1c(C)cccc1C(=O)O. The van der Waals surface area contributed by atoms with Gasteiger partial charge in [-0.1, -0.05) is 12.1 Å². The second-order valence-corrected chi connectivity index (χ2v) is 3.78. The number of nitrogens with one attached hydrogen (secondary N) is 3. The largest absolute Gasteiger partial charge is 0.478 e. The molecule has 0 fully saturated rings. The van der Waals surface area contributed by atoms with Gasteiger partial charge >= 0.3 is 12.0 Å². The average molecular weight is 265 g/mol. The number of amides is 3. The lowest BCUT2D eigenvalue weighted by atomic mass is 10.1. The molecule has 7 nitrogen and oxygen atoms in total. The number of carbonyl (C=O) groups is 3. The van der Waals surface area contributed by atoms with Crippen LogP contribution in [0.3, 0.4) is 0 Å². The Morgan fingerprint density at radius 1 is 1.26 bits per heavy atom. The summed E-state index contributed by atoms with van der Waals surface area (Å²) in [6.45, 7) is 1.50. The maximum absolute atomic E-state index is 11.6. The summed E-state index contributed by atoms with van der Waals surface area (Å²) in [5, 5.41) is 16.1. The lowest BCUT2D eigenvalue weighted by molar-refractivity contribution is -0.119. The molecule has 4 N–H and O–H groups in total. The monoisotopic (exact) mass is 265 g/mol. The number of aromatic carboxylic acids is 1. The Hall–Kier alpha value is -2.57. The van der Waals surface area contributed by atoms with Gasteiger partial charge in [0.2, 0.25) is 5.91 Å². The summed E-state index contributed by atoms with van der Waals surface area (Å²) in [7, 11) is 1.45. The van der Waals surface area contributed by atoms with Crippen LogP contribution in [0.25, 0.3) is 0 Å². The Balaban J connectivity index is 2.79. The van der Waals surface area contributed by atoms with Crippen molar-refractivity contribution in [1.29, 1.82) is 0 Å². The lowest BCUT2D eigenvalue weighted by Crippen LogP contribution is -2.37. The van der Waals surface area contributed by atoms with E-state index in [-0.39, 0.29) is 23.7 Å². The number of carboxylic acids is 1. The minimum Gasteiger partial charge on any atom is -0.478 e. The maximum atomic E-state index is 11.6. The summed E-state index contributed by atoms with van der Waals surface area (Å²) in [5.74, 6) is -1.48. The van der Waals surface area contributed by atoms with E-state index in [1.54, 1.807) is 19.1 Å². The predicted octanol–water partition coefficient (Wildman–Crippen LogP) is 0.561. The molecule has 0 saturated heterocycles. The molecular weight excluding hydrogens is 250 g/mol. The third-order valence-corrected chi connectivity index (χ3v) is 2.43. The van der Waals surface area contributed by atoms with Crippen molar-refractivity contribution in [2.24, 2.45) is 0 Å². The number of anilines is 1. The highest BCUT2D eigenvalue weighted by Crippen LogP contribution is 2.20. The summed E-state index contributed by atoms with van der Waals surface area (Å²) in [6, 6.07) is 4.03. The summed E-state index contributed by atoms with van der Waals surface area (Å²) < 4.78 is 0. The van der Waals surface area contributed by atoms with Crippen molar-refractivity contribution < 1.29 is 19.5 Å². The Morgan fingerprint density at radius 2 is 1.95 bits per heavy atom. The van der Waals surface area contributed by atoms with E-state index in [0.717, 1.165) is 0 Å². The van der Waals surface area contributed by atoms with Crippen molar-refractivity contribution >= 4 is 23.6 Å². The molecular formula is C12H15N3O4. The molecule has 0 heterocycles. The zero-order valence-corrected chi connectivity index (χ0v) is 10.6. The smallest absolute Gasteiger partial charge is 0.337 e. The minimum absolute atomic E-state index is 0.00454. The van der Waals surface area contributed by atoms with Gasteiger partial charge in [-0.2, -0.15) is 0 Å². The van der Waals surface area contributed by atoms with E-state index in [1.807, 2.05) is 0 Å². The molecule has 0 spiro atoms. The van der Waals surface area contributed by atoms with E-state index in [1.165, 1.54) is 13.1 Å². The van der Waals surface area contributed by atoms with E-state index in [0.29, 0.717) is 5.56 Å². The number of para-hydroxylation sites is 1. The molecule has 0 radical (unpaired) electrons. The van der Waals surface area contributed by atoms with Crippen LogP contribution < -0.4 is 16.0 Å². The van der Waals surface area contributed by atoms with Gasteiger partial charge in [-0.15, -0.1) is 0 Å². The second kappa shape index (κ2) is 6.39. The zero-order valence-electron chi connectivity index (χ0n) is 10.6. The van der Waals surface area contributed by atoms with Gasteiger partial charge in [0.25, 0.3) is 0 Å². The number of carbonyl (C=O) groups excluding carboxylic acids is 2. The van der Waals surface area contributed by atoms with E-state index in [2.05, 4.69) is 16.0 Å². The van der Waals surface area contributed by atoms with Crippen LogP contribution in [0.15, 0.2) is 18.2 Å². The van der Waals surface area contributed by atoms with Gasteiger partial charge in [0.05, 0.1) is 17.8 Å². The average Bonchev–Trinajstić information content (AvgIpc) is 2.38. The number of hydrogen-bond acceptors (Lipinski definition) is 3. The van der Waals surface area contributed by atoms with Crippen molar-refractivity contribution in [2.45, 2.75) is 6.92 Å². The Kier molecular flexibility index (Phi) is 4.87. The van der Waals surface area contributed by atoms with Gasteiger partial charge in [0.1, 0.15) is 0 Å². The van der Waals surface area contributed by atoms with Gasteiger partial charge in [-0.05, 0) is 18.6 Å². The highest BCUT2D eigenvalue weighted by atomic mass is 16.4. The van der Waals surface area contributed by atoms with Crippen molar-refractivity contribution in [3.63, 3.8) is 0 Å². The minimum atomic E-state index is -1.13. The van der Waals surface area contributed by atoms with Gasteiger partial charge < -0.3 is 21.1 Å². The molecule has 0 unspecified atom stereocenters. The summed E-state index contributed by atoms with van der Waals surface area (Å²) in [5.41, 5.74) is 0.828. The normalized spacial score (nSPS) is 9.58. The summed E-state index contributed by atoms with van der Waals surface area (Å²) in [4.78, 5) is 33.6. The first kappa shape index (κ1) is 14.5. The van der Waals surface area contributed by atoms with E-state index >= 15 is 0 Å². The molecule has 1 rings (SSSR count). The number of benzene rings is 1. The summed E-state index contributed by atoms with van der Waals surface area (Å²) in [6.07, 6.45) is 0. The quantitative estimate of drug-likeness (QED) is 0.638.